The first-order valence-electron chi connectivity index (χ1n) is 7.32. The first-order valence-corrected chi connectivity index (χ1v) is 7.32. The Morgan fingerprint density at radius 1 is 0.632 bits per heavy atom. The van der Waals surface area contributed by atoms with E-state index in [0.29, 0.717) is 12.8 Å². The van der Waals surface area contributed by atoms with Crippen LogP contribution in [-0.4, -0.2) is 12.6 Å². The number of carbonyl (C=O) groups is 2. The number of aryl methyl sites for hydroxylation is 2. The first kappa shape index (κ1) is 15.6. The van der Waals surface area contributed by atoms with Gasteiger partial charge in [0.05, 0.1) is 0 Å². The molecule has 104 valence electrons. The highest BCUT2D eigenvalue weighted by Crippen LogP contribution is 2.11. The minimum Gasteiger partial charge on any atom is -0.303 e. The molecule has 0 fully saturated rings. The van der Waals surface area contributed by atoms with E-state index < -0.39 is 0 Å². The molecule has 0 heterocycles. The Bertz CT molecular complexity index is 354. The lowest BCUT2D eigenvalue weighted by atomic mass is 10.0. The van der Waals surface area contributed by atoms with Crippen molar-refractivity contribution in [3.8, 4) is 0 Å². The van der Waals surface area contributed by atoms with E-state index in [1.807, 2.05) is 0 Å². The Kier molecular flexibility index (Phi) is 8.61. The molecule has 1 rings (SSSR count). The van der Waals surface area contributed by atoms with Gasteiger partial charge in [-0.25, -0.2) is 0 Å². The van der Waals surface area contributed by atoms with Crippen LogP contribution in [-0.2, 0) is 22.4 Å². The lowest BCUT2D eigenvalue weighted by molar-refractivity contribution is -0.108. The summed E-state index contributed by atoms with van der Waals surface area (Å²) in [4.78, 5) is 20.4. The molecule has 0 aliphatic rings. The van der Waals surface area contributed by atoms with Gasteiger partial charge in [0.25, 0.3) is 0 Å². The minimum atomic E-state index is 0.679. The second-order valence-electron chi connectivity index (χ2n) is 4.99. The quantitative estimate of drug-likeness (QED) is 0.446. The summed E-state index contributed by atoms with van der Waals surface area (Å²) < 4.78 is 0. The molecule has 0 aliphatic heterocycles. The van der Waals surface area contributed by atoms with Gasteiger partial charge in [0.15, 0.2) is 0 Å². The maximum atomic E-state index is 10.2. The molecule has 0 spiro atoms. The molecule has 0 aromatic heterocycles. The Morgan fingerprint density at radius 3 is 1.53 bits per heavy atom. The van der Waals surface area contributed by atoms with Gasteiger partial charge < -0.3 is 9.59 Å². The summed E-state index contributed by atoms with van der Waals surface area (Å²) >= 11 is 0. The van der Waals surface area contributed by atoms with Gasteiger partial charge in [-0.05, 0) is 49.7 Å². The van der Waals surface area contributed by atoms with Gasteiger partial charge in [-0.15, -0.1) is 0 Å². The van der Waals surface area contributed by atoms with Crippen LogP contribution in [0.2, 0.25) is 0 Å². The molecule has 0 saturated heterocycles. The third-order valence-electron chi connectivity index (χ3n) is 3.35. The van der Waals surface area contributed by atoms with Crippen LogP contribution in [0.25, 0.3) is 0 Å². The number of carbonyl (C=O) groups excluding carboxylic acids is 2. The van der Waals surface area contributed by atoms with Crippen molar-refractivity contribution in [1.29, 1.82) is 0 Å². The molecular formula is C17H24O2. The fourth-order valence-electron chi connectivity index (χ4n) is 2.16. The van der Waals surface area contributed by atoms with Gasteiger partial charge in [-0.2, -0.15) is 0 Å². The zero-order chi connectivity index (χ0) is 13.8. The third kappa shape index (κ3) is 7.55. The van der Waals surface area contributed by atoms with Crippen LogP contribution in [0.3, 0.4) is 0 Å². The molecule has 0 amide bonds. The molecule has 0 unspecified atom stereocenters. The van der Waals surface area contributed by atoms with E-state index in [4.69, 9.17) is 0 Å². The number of unbranched alkanes of at least 4 members (excludes halogenated alkanes) is 5. The van der Waals surface area contributed by atoms with E-state index in [-0.39, 0.29) is 0 Å². The van der Waals surface area contributed by atoms with Crippen LogP contribution in [0, 0.1) is 0 Å². The lowest BCUT2D eigenvalue weighted by Gasteiger charge is -2.04. The Morgan fingerprint density at radius 2 is 1.05 bits per heavy atom. The summed E-state index contributed by atoms with van der Waals surface area (Å²) in [5, 5.41) is 0. The molecule has 0 radical (unpaired) electrons. The molecule has 1 aromatic rings. The molecule has 0 saturated carbocycles. The van der Waals surface area contributed by atoms with Crippen molar-refractivity contribution in [2.24, 2.45) is 0 Å². The Balaban J connectivity index is 2.19. The van der Waals surface area contributed by atoms with Gasteiger partial charge in [0.1, 0.15) is 12.6 Å². The van der Waals surface area contributed by atoms with E-state index in [0.717, 1.165) is 57.5 Å². The van der Waals surface area contributed by atoms with Crippen molar-refractivity contribution in [2.75, 3.05) is 0 Å². The second-order valence-corrected chi connectivity index (χ2v) is 4.99. The highest BCUT2D eigenvalue weighted by Gasteiger charge is 1.96. The number of rotatable bonds is 11. The molecule has 0 aliphatic carbocycles. The zero-order valence-corrected chi connectivity index (χ0v) is 11.6. The fourth-order valence-corrected chi connectivity index (χ4v) is 2.16. The van der Waals surface area contributed by atoms with Crippen LogP contribution < -0.4 is 0 Å². The SMILES string of the molecule is O=CCCCCCc1ccc(CCCCC=O)cc1. The van der Waals surface area contributed by atoms with E-state index in [1.54, 1.807) is 0 Å². The largest absolute Gasteiger partial charge is 0.303 e. The highest BCUT2D eigenvalue weighted by molar-refractivity contribution is 5.49. The normalized spacial score (nSPS) is 10.3. The molecule has 2 heteroatoms. The van der Waals surface area contributed by atoms with Crippen molar-refractivity contribution in [3.63, 3.8) is 0 Å². The molecule has 0 bridgehead atoms. The predicted octanol–water partition coefficient (Wildman–Crippen LogP) is 3.90. The fraction of sp³-hybridized carbons (Fsp3) is 0.529. The van der Waals surface area contributed by atoms with Crippen LogP contribution in [0.5, 0.6) is 0 Å². The van der Waals surface area contributed by atoms with Gasteiger partial charge in [0, 0.05) is 12.8 Å². The molecule has 0 atom stereocenters. The van der Waals surface area contributed by atoms with Gasteiger partial charge in [0.2, 0.25) is 0 Å². The van der Waals surface area contributed by atoms with Crippen LogP contribution >= 0.6 is 0 Å². The summed E-state index contributed by atoms with van der Waals surface area (Å²) in [5.41, 5.74) is 2.73. The zero-order valence-electron chi connectivity index (χ0n) is 11.6. The van der Waals surface area contributed by atoms with Crippen LogP contribution in [0.4, 0.5) is 0 Å². The number of benzene rings is 1. The Labute approximate surface area is 116 Å². The summed E-state index contributed by atoms with van der Waals surface area (Å²) in [5.74, 6) is 0. The summed E-state index contributed by atoms with van der Waals surface area (Å²) in [7, 11) is 0. The smallest absolute Gasteiger partial charge is 0.119 e. The average Bonchev–Trinajstić information content (AvgIpc) is 2.45. The minimum absolute atomic E-state index is 0.679. The predicted molar refractivity (Wildman–Crippen MR) is 78.3 cm³/mol. The van der Waals surface area contributed by atoms with Crippen molar-refractivity contribution < 1.29 is 9.59 Å². The van der Waals surface area contributed by atoms with Crippen LogP contribution in [0.15, 0.2) is 24.3 Å². The second kappa shape index (κ2) is 10.5. The maximum Gasteiger partial charge on any atom is 0.119 e. The molecule has 0 N–H and O–H groups in total. The lowest BCUT2D eigenvalue weighted by Crippen LogP contribution is -1.90. The van der Waals surface area contributed by atoms with Gasteiger partial charge in [-0.3, -0.25) is 0 Å². The number of aldehydes is 2. The molecule has 1 aromatic carbocycles. The first-order chi connectivity index (χ1) is 9.36. The van der Waals surface area contributed by atoms with E-state index in [1.165, 1.54) is 11.1 Å². The third-order valence-corrected chi connectivity index (χ3v) is 3.35. The van der Waals surface area contributed by atoms with Crippen molar-refractivity contribution in [2.45, 2.75) is 57.8 Å². The standard InChI is InChI=1S/C17H24O2/c18-14-6-2-1-4-8-16-10-12-17(13-11-16)9-5-3-7-15-19/h10-15H,1-9H2. The van der Waals surface area contributed by atoms with E-state index in [9.17, 15) is 9.59 Å². The van der Waals surface area contributed by atoms with Crippen molar-refractivity contribution in [1.82, 2.24) is 0 Å². The van der Waals surface area contributed by atoms with Crippen molar-refractivity contribution >= 4 is 12.6 Å². The summed E-state index contributed by atoms with van der Waals surface area (Å²) in [6.45, 7) is 0. The van der Waals surface area contributed by atoms with Gasteiger partial charge >= 0.3 is 0 Å². The Hall–Kier alpha value is -1.44. The van der Waals surface area contributed by atoms with Crippen molar-refractivity contribution in [3.05, 3.63) is 35.4 Å². The topological polar surface area (TPSA) is 34.1 Å². The molecule has 2 nitrogen and oxygen atoms in total. The summed E-state index contributed by atoms with van der Waals surface area (Å²) in [6.07, 6.45) is 10.9. The molecule has 19 heavy (non-hydrogen) atoms. The van der Waals surface area contributed by atoms with E-state index >= 15 is 0 Å². The monoisotopic (exact) mass is 260 g/mol. The molecular weight excluding hydrogens is 236 g/mol. The summed E-state index contributed by atoms with van der Waals surface area (Å²) in [6, 6.07) is 8.80. The maximum absolute atomic E-state index is 10.2. The number of hydrogen-bond acceptors (Lipinski definition) is 2. The van der Waals surface area contributed by atoms with Gasteiger partial charge in [-0.1, -0.05) is 30.7 Å². The van der Waals surface area contributed by atoms with Crippen LogP contribution in [0.1, 0.15) is 56.1 Å². The number of hydrogen-bond donors (Lipinski definition) is 0. The van der Waals surface area contributed by atoms with E-state index in [2.05, 4.69) is 24.3 Å². The highest BCUT2D eigenvalue weighted by atomic mass is 16.1. The average molecular weight is 260 g/mol.